The van der Waals surface area contributed by atoms with Gasteiger partial charge in [0.25, 0.3) is 5.91 Å². The van der Waals surface area contributed by atoms with Crippen LogP contribution in [0.5, 0.6) is 5.75 Å². The predicted octanol–water partition coefficient (Wildman–Crippen LogP) is 2.76. The second-order valence-electron chi connectivity index (χ2n) is 5.45. The summed E-state index contributed by atoms with van der Waals surface area (Å²) in [6.07, 6.45) is 2.40. The van der Waals surface area contributed by atoms with Gasteiger partial charge in [0.05, 0.1) is 24.4 Å². The van der Waals surface area contributed by atoms with Crippen molar-refractivity contribution in [2.75, 3.05) is 7.11 Å². The number of hydrogen-bond acceptors (Lipinski definition) is 5. The maximum absolute atomic E-state index is 12.5. The average molecular weight is 328 g/mol. The summed E-state index contributed by atoms with van der Waals surface area (Å²) in [4.78, 5) is 28.4. The lowest BCUT2D eigenvalue weighted by Crippen LogP contribution is -2.29. The topological polar surface area (TPSA) is 88.5 Å². The minimum atomic E-state index is -0.618. The normalized spacial score (nSPS) is 11.6. The van der Waals surface area contributed by atoms with Crippen LogP contribution in [0.3, 0.4) is 0 Å². The molecular weight excluding hydrogens is 308 g/mol. The number of phenols is 1. The molecule has 0 saturated carbocycles. The van der Waals surface area contributed by atoms with E-state index in [-0.39, 0.29) is 22.9 Å². The molecule has 0 aliphatic heterocycles. The monoisotopic (exact) mass is 328 g/mol. The summed E-state index contributed by atoms with van der Waals surface area (Å²) < 4.78 is 4.62. The van der Waals surface area contributed by atoms with Gasteiger partial charge >= 0.3 is 5.97 Å². The number of carbonyl (C=O) groups excluding carboxylic acids is 2. The van der Waals surface area contributed by atoms with Crippen LogP contribution in [0.4, 0.5) is 0 Å². The van der Waals surface area contributed by atoms with Gasteiger partial charge in [0.1, 0.15) is 5.75 Å². The Bertz CT molecular complexity index is 741. The second kappa shape index (κ2) is 7.59. The second-order valence-corrected chi connectivity index (χ2v) is 5.45. The van der Waals surface area contributed by atoms with Crippen molar-refractivity contribution < 1.29 is 19.4 Å². The Hall–Kier alpha value is -2.89. The molecule has 0 spiro atoms. The van der Waals surface area contributed by atoms with Gasteiger partial charge in [-0.15, -0.1) is 0 Å². The lowest BCUT2D eigenvalue weighted by molar-refractivity contribution is 0.0600. The number of ether oxygens (including phenoxy) is 1. The Morgan fingerprint density at radius 3 is 2.54 bits per heavy atom. The molecule has 6 nitrogen and oxygen atoms in total. The molecule has 0 fully saturated rings. The van der Waals surface area contributed by atoms with E-state index in [1.807, 2.05) is 26.0 Å². The minimum absolute atomic E-state index is 0.115. The molecule has 126 valence electrons. The van der Waals surface area contributed by atoms with Crippen LogP contribution >= 0.6 is 0 Å². The largest absolute Gasteiger partial charge is 0.508 e. The molecular formula is C18H20N2O4. The first kappa shape index (κ1) is 17.5. The van der Waals surface area contributed by atoms with Crippen molar-refractivity contribution in [3.63, 3.8) is 0 Å². The zero-order chi connectivity index (χ0) is 17.7. The highest BCUT2D eigenvalue weighted by atomic mass is 16.5. The fourth-order valence-electron chi connectivity index (χ4n) is 2.29. The van der Waals surface area contributed by atoms with Crippen LogP contribution in [0, 0.1) is 6.92 Å². The van der Waals surface area contributed by atoms with Crippen molar-refractivity contribution in [2.24, 2.45) is 0 Å². The third-order valence-corrected chi connectivity index (χ3v) is 3.61. The van der Waals surface area contributed by atoms with Crippen LogP contribution < -0.4 is 5.32 Å². The van der Waals surface area contributed by atoms with Crippen LogP contribution in [-0.4, -0.2) is 29.1 Å². The van der Waals surface area contributed by atoms with E-state index in [2.05, 4.69) is 15.0 Å². The molecule has 1 aromatic carbocycles. The smallest absolute Gasteiger partial charge is 0.338 e. The maximum atomic E-state index is 12.5. The number of hydrogen-bond donors (Lipinski definition) is 2. The number of amides is 1. The standard InChI is InChI=1S/C18H20N2O4/c1-4-15(16-6-5-11(2)10-19-16)20-17(22)12-7-13(18(23)24-3)9-14(21)8-12/h5-10,15,21H,4H2,1-3H3,(H,20,22)/t15-/m0/s1. The molecule has 1 amide bonds. The molecule has 0 saturated heterocycles. The summed E-state index contributed by atoms with van der Waals surface area (Å²) in [5.41, 5.74) is 2.09. The van der Waals surface area contributed by atoms with Crippen molar-refractivity contribution in [3.05, 3.63) is 58.9 Å². The van der Waals surface area contributed by atoms with Crippen LogP contribution in [0.2, 0.25) is 0 Å². The van der Waals surface area contributed by atoms with Crippen molar-refractivity contribution in [3.8, 4) is 5.75 Å². The summed E-state index contributed by atoms with van der Waals surface area (Å²) >= 11 is 0. The predicted molar refractivity (Wildman–Crippen MR) is 88.9 cm³/mol. The van der Waals surface area contributed by atoms with Gasteiger partial charge in [0.2, 0.25) is 0 Å². The fourth-order valence-corrected chi connectivity index (χ4v) is 2.29. The molecule has 0 aliphatic carbocycles. The van der Waals surface area contributed by atoms with Gasteiger partial charge in [0.15, 0.2) is 0 Å². The number of rotatable bonds is 5. The Kier molecular flexibility index (Phi) is 5.52. The molecule has 6 heteroatoms. The number of pyridine rings is 1. The highest BCUT2D eigenvalue weighted by molar-refractivity contribution is 5.98. The minimum Gasteiger partial charge on any atom is -0.508 e. The maximum Gasteiger partial charge on any atom is 0.338 e. The summed E-state index contributed by atoms with van der Waals surface area (Å²) in [5.74, 6) is -1.19. The Morgan fingerprint density at radius 2 is 1.96 bits per heavy atom. The SMILES string of the molecule is CC[C@H](NC(=O)c1cc(O)cc(C(=O)OC)c1)c1ccc(C)cn1. The van der Waals surface area contributed by atoms with Gasteiger partial charge in [-0.25, -0.2) is 4.79 Å². The number of carbonyl (C=O) groups is 2. The van der Waals surface area contributed by atoms with Gasteiger partial charge < -0.3 is 15.2 Å². The quantitative estimate of drug-likeness (QED) is 0.824. The van der Waals surface area contributed by atoms with Crippen LogP contribution in [-0.2, 0) is 4.74 Å². The highest BCUT2D eigenvalue weighted by Gasteiger charge is 2.18. The van der Waals surface area contributed by atoms with E-state index in [1.165, 1.54) is 25.3 Å². The molecule has 1 atom stereocenters. The molecule has 0 unspecified atom stereocenters. The van der Waals surface area contributed by atoms with Crippen molar-refractivity contribution in [2.45, 2.75) is 26.3 Å². The Balaban J connectivity index is 2.23. The Morgan fingerprint density at radius 1 is 1.25 bits per heavy atom. The van der Waals surface area contributed by atoms with E-state index in [0.717, 1.165) is 11.3 Å². The van der Waals surface area contributed by atoms with Crippen LogP contribution in [0.25, 0.3) is 0 Å². The number of nitrogens with zero attached hydrogens (tertiary/aromatic N) is 1. The highest BCUT2D eigenvalue weighted by Crippen LogP contribution is 2.19. The number of phenolic OH excluding ortho intramolecular Hbond substituents is 1. The number of aromatic hydroxyl groups is 1. The molecule has 0 aliphatic rings. The van der Waals surface area contributed by atoms with Gasteiger partial charge in [-0.1, -0.05) is 13.0 Å². The molecule has 1 aromatic heterocycles. The first-order valence-electron chi connectivity index (χ1n) is 7.60. The van der Waals surface area contributed by atoms with E-state index >= 15 is 0 Å². The third kappa shape index (κ3) is 4.10. The molecule has 2 aromatic rings. The van der Waals surface area contributed by atoms with E-state index in [1.54, 1.807) is 6.20 Å². The van der Waals surface area contributed by atoms with Crippen molar-refractivity contribution in [1.29, 1.82) is 0 Å². The molecule has 1 heterocycles. The van der Waals surface area contributed by atoms with Gasteiger partial charge in [-0.05, 0) is 43.2 Å². The number of nitrogens with one attached hydrogen (secondary N) is 1. The molecule has 0 bridgehead atoms. The first-order chi connectivity index (χ1) is 11.4. The summed E-state index contributed by atoms with van der Waals surface area (Å²) in [6, 6.07) is 7.48. The van der Waals surface area contributed by atoms with Gasteiger partial charge in [-0.3, -0.25) is 9.78 Å². The number of aromatic nitrogens is 1. The Labute approximate surface area is 140 Å². The number of aryl methyl sites for hydroxylation is 1. The third-order valence-electron chi connectivity index (χ3n) is 3.61. The fraction of sp³-hybridized carbons (Fsp3) is 0.278. The molecule has 0 radical (unpaired) electrons. The van der Waals surface area contributed by atoms with Gasteiger partial charge in [-0.2, -0.15) is 0 Å². The number of esters is 1. The van der Waals surface area contributed by atoms with E-state index < -0.39 is 11.9 Å². The van der Waals surface area contributed by atoms with Crippen LogP contribution in [0.15, 0.2) is 36.5 Å². The van der Waals surface area contributed by atoms with Crippen molar-refractivity contribution in [1.82, 2.24) is 10.3 Å². The number of benzene rings is 1. The first-order valence-corrected chi connectivity index (χ1v) is 7.60. The zero-order valence-corrected chi connectivity index (χ0v) is 13.9. The van der Waals surface area contributed by atoms with Crippen molar-refractivity contribution >= 4 is 11.9 Å². The van der Waals surface area contributed by atoms with E-state index in [0.29, 0.717) is 6.42 Å². The zero-order valence-electron chi connectivity index (χ0n) is 13.9. The summed E-state index contributed by atoms with van der Waals surface area (Å²) in [5, 5.41) is 12.6. The van der Waals surface area contributed by atoms with Crippen LogP contribution in [0.1, 0.15) is 51.4 Å². The lowest BCUT2D eigenvalue weighted by Gasteiger charge is -2.17. The van der Waals surface area contributed by atoms with Gasteiger partial charge in [0, 0.05) is 11.8 Å². The molecule has 24 heavy (non-hydrogen) atoms. The number of methoxy groups -OCH3 is 1. The molecule has 2 rings (SSSR count). The average Bonchev–Trinajstić information content (AvgIpc) is 2.59. The lowest BCUT2D eigenvalue weighted by atomic mass is 10.1. The molecule has 2 N–H and O–H groups in total. The summed E-state index contributed by atoms with van der Waals surface area (Å²) in [6.45, 7) is 3.88. The van der Waals surface area contributed by atoms with E-state index in [4.69, 9.17) is 0 Å². The summed E-state index contributed by atoms with van der Waals surface area (Å²) in [7, 11) is 1.24. The van der Waals surface area contributed by atoms with E-state index in [9.17, 15) is 14.7 Å².